The average molecular weight is 482 g/mol. The fraction of sp³-hybridized carbons (Fsp3) is 0.333. The molecule has 1 aliphatic heterocycles. The van der Waals surface area contributed by atoms with Gasteiger partial charge in [-0.15, -0.1) is 0 Å². The van der Waals surface area contributed by atoms with Gasteiger partial charge >= 0.3 is 5.97 Å². The zero-order chi connectivity index (χ0) is 24.6. The zero-order valence-electron chi connectivity index (χ0n) is 19.6. The van der Waals surface area contributed by atoms with Crippen molar-refractivity contribution in [3.63, 3.8) is 0 Å². The molecule has 2 aromatic rings. The number of carbonyl (C=O) groups excluding carboxylic acids is 2. The molecule has 0 saturated carbocycles. The Labute approximate surface area is 204 Å². The highest BCUT2D eigenvalue weighted by Crippen LogP contribution is 2.47. The molecule has 1 aliphatic carbocycles. The van der Waals surface area contributed by atoms with Crippen molar-refractivity contribution >= 4 is 23.4 Å². The van der Waals surface area contributed by atoms with Crippen molar-refractivity contribution in [3.05, 3.63) is 81.2 Å². The third-order valence-electron chi connectivity index (χ3n) is 6.27. The lowest BCUT2D eigenvalue weighted by atomic mass is 9.71. The maximum atomic E-state index is 13.6. The molecule has 2 N–H and O–H groups in total. The van der Waals surface area contributed by atoms with Gasteiger partial charge in [-0.25, -0.2) is 4.79 Å². The second-order valence-electron chi connectivity index (χ2n) is 8.95. The van der Waals surface area contributed by atoms with E-state index in [-0.39, 0.29) is 29.3 Å². The Bertz CT molecular complexity index is 1200. The van der Waals surface area contributed by atoms with E-state index >= 15 is 0 Å². The summed E-state index contributed by atoms with van der Waals surface area (Å²) in [6.45, 7) is 5.40. The van der Waals surface area contributed by atoms with Crippen molar-refractivity contribution < 1.29 is 24.2 Å². The molecular weight excluding hydrogens is 454 g/mol. The van der Waals surface area contributed by atoms with E-state index in [1.54, 1.807) is 26.0 Å². The largest absolute Gasteiger partial charge is 0.504 e. The van der Waals surface area contributed by atoms with E-state index in [0.29, 0.717) is 40.3 Å². The minimum atomic E-state index is -0.629. The number of aromatic hydroxyl groups is 1. The highest BCUT2D eigenvalue weighted by Gasteiger charge is 2.41. The minimum absolute atomic E-state index is 0.00276. The Hall–Kier alpha value is -3.25. The summed E-state index contributed by atoms with van der Waals surface area (Å²) >= 11 is 6.05. The minimum Gasteiger partial charge on any atom is -0.504 e. The molecule has 0 spiro atoms. The quantitative estimate of drug-likeness (QED) is 0.559. The maximum absolute atomic E-state index is 13.6. The highest BCUT2D eigenvalue weighted by atomic mass is 35.5. The number of phenolic OH excluding ortho intramolecular Hbond substituents is 1. The van der Waals surface area contributed by atoms with Crippen LogP contribution in [-0.2, 0) is 14.3 Å². The normalized spacial score (nSPS) is 20.2. The van der Waals surface area contributed by atoms with E-state index in [4.69, 9.17) is 21.1 Å². The molecular formula is C27H28ClNO5. The summed E-state index contributed by atoms with van der Waals surface area (Å²) in [5, 5.41) is 14.1. The van der Waals surface area contributed by atoms with Gasteiger partial charge in [0.25, 0.3) is 0 Å². The average Bonchev–Trinajstić information content (AvgIpc) is 2.78. The monoisotopic (exact) mass is 481 g/mol. The van der Waals surface area contributed by atoms with Crippen LogP contribution in [0.4, 0.5) is 0 Å². The molecule has 0 fully saturated rings. The van der Waals surface area contributed by atoms with Gasteiger partial charge in [0.05, 0.1) is 18.8 Å². The predicted molar refractivity (Wildman–Crippen MR) is 130 cm³/mol. The fourth-order valence-electron chi connectivity index (χ4n) is 4.76. The van der Waals surface area contributed by atoms with Crippen LogP contribution in [0.2, 0.25) is 5.02 Å². The number of ether oxygens (including phenoxy) is 2. The van der Waals surface area contributed by atoms with Crippen molar-refractivity contribution in [1.82, 2.24) is 5.32 Å². The van der Waals surface area contributed by atoms with E-state index in [0.717, 1.165) is 11.3 Å². The summed E-state index contributed by atoms with van der Waals surface area (Å²) in [5.41, 5.74) is 4.10. The fourth-order valence-corrected chi connectivity index (χ4v) is 4.89. The Balaban J connectivity index is 1.82. The van der Waals surface area contributed by atoms with Crippen molar-refractivity contribution in [2.45, 2.75) is 51.6 Å². The zero-order valence-corrected chi connectivity index (χ0v) is 20.4. The third kappa shape index (κ3) is 4.55. The number of rotatable bonds is 5. The highest BCUT2D eigenvalue weighted by molar-refractivity contribution is 6.30. The van der Waals surface area contributed by atoms with Gasteiger partial charge in [-0.05, 0) is 68.5 Å². The van der Waals surface area contributed by atoms with Crippen LogP contribution in [0.3, 0.4) is 0 Å². The van der Waals surface area contributed by atoms with Crippen molar-refractivity contribution in [2.75, 3.05) is 7.11 Å². The number of dihydropyridines is 1. The van der Waals surface area contributed by atoms with E-state index in [1.165, 1.54) is 13.2 Å². The van der Waals surface area contributed by atoms with Crippen molar-refractivity contribution in [3.8, 4) is 11.5 Å². The van der Waals surface area contributed by atoms with Gasteiger partial charge in [0.2, 0.25) is 0 Å². The summed E-state index contributed by atoms with van der Waals surface area (Å²) in [6, 6.07) is 12.5. The van der Waals surface area contributed by atoms with E-state index in [1.807, 2.05) is 31.2 Å². The molecule has 1 heterocycles. The Morgan fingerprint density at radius 3 is 2.44 bits per heavy atom. The lowest BCUT2D eigenvalue weighted by Gasteiger charge is -2.37. The number of halogens is 1. The molecule has 6 nitrogen and oxygen atoms in total. The first-order chi connectivity index (χ1) is 16.2. The molecule has 2 aromatic carbocycles. The lowest BCUT2D eigenvalue weighted by Crippen LogP contribution is -2.36. The number of phenols is 1. The van der Waals surface area contributed by atoms with E-state index in [9.17, 15) is 14.7 Å². The summed E-state index contributed by atoms with van der Waals surface area (Å²) in [5.74, 6) is -0.878. The number of esters is 1. The van der Waals surface area contributed by atoms with Crippen LogP contribution in [0, 0.1) is 0 Å². The Morgan fingerprint density at radius 2 is 1.79 bits per heavy atom. The molecule has 4 rings (SSSR count). The molecule has 0 amide bonds. The molecule has 0 aromatic heterocycles. The summed E-state index contributed by atoms with van der Waals surface area (Å²) in [7, 11) is 1.46. The lowest BCUT2D eigenvalue weighted by molar-refractivity contribution is -0.143. The molecule has 178 valence electrons. The van der Waals surface area contributed by atoms with E-state index in [2.05, 4.69) is 5.32 Å². The number of allylic oxidation sites excluding steroid dienone is 3. The van der Waals surface area contributed by atoms with Gasteiger partial charge in [0.1, 0.15) is 0 Å². The van der Waals surface area contributed by atoms with Crippen LogP contribution in [0.5, 0.6) is 11.5 Å². The second-order valence-corrected chi connectivity index (χ2v) is 9.39. The van der Waals surface area contributed by atoms with Gasteiger partial charge < -0.3 is 19.9 Å². The number of carbonyl (C=O) groups is 2. The molecule has 2 atom stereocenters. The summed E-state index contributed by atoms with van der Waals surface area (Å²) < 4.78 is 10.8. The third-order valence-corrected chi connectivity index (χ3v) is 6.52. The Kier molecular flexibility index (Phi) is 6.71. The van der Waals surface area contributed by atoms with E-state index < -0.39 is 11.9 Å². The van der Waals surface area contributed by atoms with Gasteiger partial charge in [0, 0.05) is 34.3 Å². The first kappa shape index (κ1) is 23.9. The number of ketones is 1. The number of methoxy groups -OCH3 is 1. The molecule has 2 aliphatic rings. The molecule has 0 saturated heterocycles. The van der Waals surface area contributed by atoms with Crippen molar-refractivity contribution in [2.24, 2.45) is 0 Å². The topological polar surface area (TPSA) is 84.9 Å². The Morgan fingerprint density at radius 1 is 1.12 bits per heavy atom. The molecule has 0 radical (unpaired) electrons. The number of hydrogen-bond donors (Lipinski definition) is 2. The number of Topliss-reactive ketones (excluding diaryl/α,β-unsaturated/α-hetero) is 1. The molecule has 34 heavy (non-hydrogen) atoms. The van der Waals surface area contributed by atoms with Crippen LogP contribution in [-0.4, -0.2) is 30.1 Å². The first-order valence-electron chi connectivity index (χ1n) is 11.3. The van der Waals surface area contributed by atoms with Gasteiger partial charge in [0.15, 0.2) is 17.3 Å². The van der Waals surface area contributed by atoms with Crippen LogP contribution in [0.25, 0.3) is 0 Å². The van der Waals surface area contributed by atoms with Crippen LogP contribution in [0.15, 0.2) is 65.0 Å². The smallest absolute Gasteiger partial charge is 0.337 e. The van der Waals surface area contributed by atoms with Crippen LogP contribution < -0.4 is 10.1 Å². The second kappa shape index (κ2) is 9.55. The van der Waals surface area contributed by atoms with Crippen LogP contribution >= 0.6 is 11.6 Å². The maximum Gasteiger partial charge on any atom is 0.337 e. The van der Waals surface area contributed by atoms with Gasteiger partial charge in [-0.2, -0.15) is 0 Å². The predicted octanol–water partition coefficient (Wildman–Crippen LogP) is 5.37. The van der Waals surface area contributed by atoms with Crippen LogP contribution in [0.1, 0.15) is 56.6 Å². The summed E-state index contributed by atoms with van der Waals surface area (Å²) in [4.78, 5) is 26.8. The van der Waals surface area contributed by atoms with Gasteiger partial charge in [-0.3, -0.25) is 4.79 Å². The SMILES string of the molecule is COc1cc([C@@H]2C(C(=O)OC(C)C)=C(C)NC3=C2C(=O)C[C@H](c2ccc(Cl)cc2)C3)ccc1O. The molecule has 0 unspecified atom stereocenters. The molecule has 7 heteroatoms. The standard InChI is InChI=1S/C27H28ClNO5/c1-14(2)34-27(32)24-15(3)29-20-11-18(16-5-8-19(28)9-6-16)12-22(31)26(20)25(24)17-7-10-21(30)23(13-17)33-4/h5-10,13-14,18,25,29-30H,11-12H2,1-4H3/t18-,25-/m1/s1. The number of benzene rings is 2. The number of hydrogen-bond acceptors (Lipinski definition) is 6. The first-order valence-corrected chi connectivity index (χ1v) is 11.6. The molecule has 0 bridgehead atoms. The van der Waals surface area contributed by atoms with Gasteiger partial charge in [-0.1, -0.05) is 29.8 Å². The number of nitrogens with one attached hydrogen (secondary N) is 1. The summed E-state index contributed by atoms with van der Waals surface area (Å²) in [6.07, 6.45) is 0.632. The van der Waals surface area contributed by atoms with Crippen molar-refractivity contribution in [1.29, 1.82) is 0 Å².